The number of para-hydroxylation sites is 1. The van der Waals surface area contributed by atoms with Gasteiger partial charge in [0.15, 0.2) is 11.6 Å². The van der Waals surface area contributed by atoms with Crippen LogP contribution in [0.15, 0.2) is 29.3 Å². The summed E-state index contributed by atoms with van der Waals surface area (Å²) < 4.78 is 28.7. The smallest absolute Gasteiger partial charge is 0.281 e. The van der Waals surface area contributed by atoms with E-state index in [1.54, 1.807) is 6.92 Å². The molecule has 6 heteroatoms. The van der Waals surface area contributed by atoms with Gasteiger partial charge in [-0.1, -0.05) is 6.07 Å². The van der Waals surface area contributed by atoms with E-state index in [0.717, 1.165) is 12.1 Å². The molecule has 0 atom stereocenters. The van der Waals surface area contributed by atoms with Crippen molar-refractivity contribution in [2.75, 3.05) is 0 Å². The van der Waals surface area contributed by atoms with E-state index >= 15 is 0 Å². The van der Waals surface area contributed by atoms with Crippen molar-refractivity contribution in [1.29, 1.82) is 0 Å². The van der Waals surface area contributed by atoms with E-state index in [4.69, 9.17) is 0 Å². The Hall–Kier alpha value is -1.98. The van der Waals surface area contributed by atoms with Crippen LogP contribution >= 0.6 is 0 Å². The van der Waals surface area contributed by atoms with Crippen LogP contribution in [0.25, 0.3) is 5.69 Å². The summed E-state index contributed by atoms with van der Waals surface area (Å²) in [6.45, 7) is 2.14. The fourth-order valence-electron chi connectivity index (χ4n) is 1.40. The summed E-state index contributed by atoms with van der Waals surface area (Å²) in [5, 5.41) is 3.67. The molecule has 0 fully saturated rings. The summed E-state index contributed by atoms with van der Waals surface area (Å²) in [7, 11) is 0. The van der Waals surface area contributed by atoms with Gasteiger partial charge in [-0.15, -0.1) is 0 Å². The maximum Gasteiger partial charge on any atom is 0.350 e. The van der Waals surface area contributed by atoms with Crippen molar-refractivity contribution in [2.45, 2.75) is 13.5 Å². The quantitative estimate of drug-likeness (QED) is 0.773. The highest BCUT2D eigenvalue weighted by atomic mass is 19.1. The number of aryl methyl sites for hydroxylation is 1. The molecule has 2 rings (SSSR count). The maximum atomic E-state index is 13.4. The molecule has 2 aromatic rings. The van der Waals surface area contributed by atoms with Crippen molar-refractivity contribution < 1.29 is 8.78 Å². The monoisotopic (exact) mass is 225 g/mol. The first kappa shape index (κ1) is 10.5. The predicted molar refractivity (Wildman–Crippen MR) is 53.4 cm³/mol. The van der Waals surface area contributed by atoms with Crippen molar-refractivity contribution >= 4 is 0 Å². The molecule has 0 unspecified atom stereocenters. The Balaban J connectivity index is 2.68. The lowest BCUT2D eigenvalue weighted by Gasteiger charge is -2.02. The number of nitrogens with zero attached hydrogens (tertiary/aromatic N) is 3. The van der Waals surface area contributed by atoms with Gasteiger partial charge in [-0.2, -0.15) is 9.78 Å². The van der Waals surface area contributed by atoms with Gasteiger partial charge in [0.2, 0.25) is 0 Å². The predicted octanol–water partition coefficient (Wildman–Crippen LogP) is 1.33. The number of rotatable bonds is 2. The van der Waals surface area contributed by atoms with E-state index in [0.29, 0.717) is 11.2 Å². The lowest BCUT2D eigenvalue weighted by Crippen LogP contribution is -2.24. The van der Waals surface area contributed by atoms with Gasteiger partial charge < -0.3 is 0 Å². The zero-order valence-electron chi connectivity index (χ0n) is 8.52. The highest BCUT2D eigenvalue weighted by Gasteiger charge is 2.15. The molecule has 0 N–H and O–H groups in total. The third-order valence-corrected chi connectivity index (χ3v) is 2.22. The largest absolute Gasteiger partial charge is 0.350 e. The zero-order valence-corrected chi connectivity index (χ0v) is 8.52. The van der Waals surface area contributed by atoms with Crippen LogP contribution in [0.5, 0.6) is 0 Å². The first-order valence-electron chi connectivity index (χ1n) is 4.74. The second-order valence-corrected chi connectivity index (χ2v) is 3.18. The van der Waals surface area contributed by atoms with Crippen LogP contribution in [0.1, 0.15) is 6.92 Å². The lowest BCUT2D eigenvalue weighted by atomic mass is 10.3. The molecule has 0 saturated carbocycles. The molecule has 1 heterocycles. The number of halogens is 2. The minimum absolute atomic E-state index is 0.398. The molecule has 84 valence electrons. The van der Waals surface area contributed by atoms with Crippen LogP contribution in [0.3, 0.4) is 0 Å². The van der Waals surface area contributed by atoms with Crippen molar-refractivity contribution in [2.24, 2.45) is 0 Å². The van der Waals surface area contributed by atoms with Crippen LogP contribution < -0.4 is 5.69 Å². The second-order valence-electron chi connectivity index (χ2n) is 3.18. The number of hydrogen-bond acceptors (Lipinski definition) is 2. The van der Waals surface area contributed by atoms with Crippen LogP contribution in [-0.2, 0) is 6.54 Å². The van der Waals surface area contributed by atoms with Gasteiger partial charge >= 0.3 is 5.69 Å². The normalized spacial score (nSPS) is 10.7. The molecular weight excluding hydrogens is 216 g/mol. The third kappa shape index (κ3) is 1.52. The van der Waals surface area contributed by atoms with E-state index in [1.165, 1.54) is 17.0 Å². The van der Waals surface area contributed by atoms with Crippen LogP contribution in [-0.4, -0.2) is 14.3 Å². The standard InChI is InChI=1S/C10H9F2N3O/c1-2-14-6-13-15(10(14)16)9-7(11)4-3-5-8(9)12/h3-6H,2H2,1H3. The van der Waals surface area contributed by atoms with E-state index in [2.05, 4.69) is 5.10 Å². The summed E-state index contributed by atoms with van der Waals surface area (Å²) in [4.78, 5) is 11.6. The van der Waals surface area contributed by atoms with Gasteiger partial charge in [-0.05, 0) is 19.1 Å². The Morgan fingerprint density at radius 2 is 1.94 bits per heavy atom. The summed E-state index contributed by atoms with van der Waals surface area (Å²) in [5.74, 6) is -1.63. The van der Waals surface area contributed by atoms with Crippen molar-refractivity contribution in [3.05, 3.63) is 46.6 Å². The number of aromatic nitrogens is 3. The van der Waals surface area contributed by atoms with E-state index < -0.39 is 23.0 Å². The highest BCUT2D eigenvalue weighted by Crippen LogP contribution is 2.14. The molecule has 0 bridgehead atoms. The average molecular weight is 225 g/mol. The zero-order chi connectivity index (χ0) is 11.7. The van der Waals surface area contributed by atoms with Crippen LogP contribution in [0.2, 0.25) is 0 Å². The van der Waals surface area contributed by atoms with Gasteiger partial charge in [-0.25, -0.2) is 13.6 Å². The number of benzene rings is 1. The average Bonchev–Trinajstić information content (AvgIpc) is 2.60. The Labute approximate surface area is 89.7 Å². The second kappa shape index (κ2) is 3.88. The molecule has 16 heavy (non-hydrogen) atoms. The van der Waals surface area contributed by atoms with Crippen LogP contribution in [0, 0.1) is 11.6 Å². The highest BCUT2D eigenvalue weighted by molar-refractivity contribution is 5.33. The summed E-state index contributed by atoms with van der Waals surface area (Å²) in [5.41, 5.74) is -1.01. The van der Waals surface area contributed by atoms with E-state index in [9.17, 15) is 13.6 Å². The molecule has 0 saturated heterocycles. The number of hydrogen-bond donors (Lipinski definition) is 0. The first-order valence-corrected chi connectivity index (χ1v) is 4.74. The Morgan fingerprint density at radius 1 is 1.31 bits per heavy atom. The Bertz CT molecular complexity index is 553. The molecule has 4 nitrogen and oxygen atoms in total. The molecule has 0 aliphatic heterocycles. The molecule has 0 spiro atoms. The minimum atomic E-state index is -0.816. The molecule has 1 aromatic carbocycles. The summed E-state index contributed by atoms with van der Waals surface area (Å²) in [6.07, 6.45) is 1.24. The van der Waals surface area contributed by atoms with Gasteiger partial charge in [-0.3, -0.25) is 4.57 Å². The SMILES string of the molecule is CCn1cnn(-c2c(F)cccc2F)c1=O. The summed E-state index contributed by atoms with van der Waals surface area (Å²) >= 11 is 0. The van der Waals surface area contributed by atoms with E-state index in [-0.39, 0.29) is 0 Å². The topological polar surface area (TPSA) is 39.8 Å². The molecule has 1 aromatic heterocycles. The van der Waals surface area contributed by atoms with Gasteiger partial charge in [0, 0.05) is 6.54 Å². The Morgan fingerprint density at radius 3 is 2.44 bits per heavy atom. The molecular formula is C10H9F2N3O. The fraction of sp³-hybridized carbons (Fsp3) is 0.200. The van der Waals surface area contributed by atoms with Crippen molar-refractivity contribution in [3.63, 3.8) is 0 Å². The first-order chi connectivity index (χ1) is 7.65. The Kier molecular flexibility index (Phi) is 2.55. The lowest BCUT2D eigenvalue weighted by molar-refractivity contribution is 0.554. The maximum absolute atomic E-state index is 13.4. The minimum Gasteiger partial charge on any atom is -0.281 e. The molecule has 0 amide bonds. The van der Waals surface area contributed by atoms with Gasteiger partial charge in [0.05, 0.1) is 0 Å². The van der Waals surface area contributed by atoms with Gasteiger partial charge in [0.1, 0.15) is 12.0 Å². The van der Waals surface area contributed by atoms with Gasteiger partial charge in [0.25, 0.3) is 0 Å². The van der Waals surface area contributed by atoms with E-state index in [1.807, 2.05) is 0 Å². The molecule has 0 aliphatic carbocycles. The van der Waals surface area contributed by atoms with Crippen molar-refractivity contribution in [3.8, 4) is 5.69 Å². The van der Waals surface area contributed by atoms with Crippen molar-refractivity contribution in [1.82, 2.24) is 14.3 Å². The van der Waals surface area contributed by atoms with Crippen LogP contribution in [0.4, 0.5) is 8.78 Å². The molecule has 0 radical (unpaired) electrons. The molecule has 0 aliphatic rings. The third-order valence-electron chi connectivity index (χ3n) is 2.22. The summed E-state index contributed by atoms with van der Waals surface area (Å²) in [6, 6.07) is 3.39. The fourth-order valence-corrected chi connectivity index (χ4v) is 1.40.